The van der Waals surface area contributed by atoms with Gasteiger partial charge in [-0.15, -0.1) is 0 Å². The van der Waals surface area contributed by atoms with Crippen molar-refractivity contribution in [3.05, 3.63) is 29.8 Å². The Bertz CT molecular complexity index is 312. The van der Waals surface area contributed by atoms with Gasteiger partial charge in [-0.3, -0.25) is 0 Å². The number of anilines is 1. The zero-order valence-electron chi connectivity index (χ0n) is 10.8. The van der Waals surface area contributed by atoms with E-state index in [0.717, 1.165) is 13.1 Å². The SMILES string of the molecule is CCCCc1ccc(NC2CCNCC2)cc1. The van der Waals surface area contributed by atoms with Gasteiger partial charge >= 0.3 is 0 Å². The van der Waals surface area contributed by atoms with Crippen LogP contribution in [0.15, 0.2) is 24.3 Å². The first-order valence-corrected chi connectivity index (χ1v) is 6.94. The number of nitrogens with one attached hydrogen (secondary N) is 2. The van der Waals surface area contributed by atoms with E-state index in [2.05, 4.69) is 41.8 Å². The molecule has 1 aromatic rings. The summed E-state index contributed by atoms with van der Waals surface area (Å²) in [5.41, 5.74) is 2.74. The Kier molecular flexibility index (Phi) is 4.87. The maximum absolute atomic E-state index is 3.62. The summed E-state index contributed by atoms with van der Waals surface area (Å²) < 4.78 is 0. The number of benzene rings is 1. The van der Waals surface area contributed by atoms with E-state index in [1.54, 1.807) is 0 Å². The van der Waals surface area contributed by atoms with Crippen molar-refractivity contribution >= 4 is 5.69 Å². The van der Waals surface area contributed by atoms with Crippen molar-refractivity contribution < 1.29 is 0 Å². The third-order valence-electron chi connectivity index (χ3n) is 3.48. The molecule has 2 rings (SSSR count). The zero-order chi connectivity index (χ0) is 11.9. The predicted molar refractivity (Wildman–Crippen MR) is 74.6 cm³/mol. The van der Waals surface area contributed by atoms with Gasteiger partial charge in [0.2, 0.25) is 0 Å². The van der Waals surface area contributed by atoms with Crippen molar-refractivity contribution in [3.8, 4) is 0 Å². The maximum Gasteiger partial charge on any atom is 0.0342 e. The van der Waals surface area contributed by atoms with Gasteiger partial charge in [-0.25, -0.2) is 0 Å². The molecule has 1 heterocycles. The molecule has 1 aliphatic heterocycles. The molecule has 0 saturated carbocycles. The van der Waals surface area contributed by atoms with E-state index in [4.69, 9.17) is 0 Å². The van der Waals surface area contributed by atoms with Crippen molar-refractivity contribution in [3.63, 3.8) is 0 Å². The molecular formula is C15H24N2. The van der Waals surface area contributed by atoms with Crippen LogP contribution in [0.25, 0.3) is 0 Å². The zero-order valence-corrected chi connectivity index (χ0v) is 10.8. The Balaban J connectivity index is 1.84. The van der Waals surface area contributed by atoms with Crippen LogP contribution < -0.4 is 10.6 Å². The third-order valence-corrected chi connectivity index (χ3v) is 3.48. The molecule has 0 radical (unpaired) electrons. The molecular weight excluding hydrogens is 208 g/mol. The fraction of sp³-hybridized carbons (Fsp3) is 0.600. The summed E-state index contributed by atoms with van der Waals surface area (Å²) in [7, 11) is 0. The van der Waals surface area contributed by atoms with E-state index < -0.39 is 0 Å². The summed E-state index contributed by atoms with van der Waals surface area (Å²) in [6, 6.07) is 9.64. The smallest absolute Gasteiger partial charge is 0.0342 e. The van der Waals surface area contributed by atoms with E-state index in [0.29, 0.717) is 6.04 Å². The standard InChI is InChI=1S/C15H24N2/c1-2-3-4-13-5-7-14(8-6-13)17-15-9-11-16-12-10-15/h5-8,15-17H,2-4,9-12H2,1H3. The Morgan fingerprint density at radius 1 is 1.18 bits per heavy atom. The lowest BCUT2D eigenvalue weighted by Gasteiger charge is -2.24. The lowest BCUT2D eigenvalue weighted by molar-refractivity contribution is 0.479. The largest absolute Gasteiger partial charge is 0.382 e. The van der Waals surface area contributed by atoms with Gasteiger partial charge in [0, 0.05) is 11.7 Å². The molecule has 1 saturated heterocycles. The van der Waals surface area contributed by atoms with Gasteiger partial charge in [0.25, 0.3) is 0 Å². The van der Waals surface area contributed by atoms with Crippen molar-refractivity contribution in [1.29, 1.82) is 0 Å². The highest BCUT2D eigenvalue weighted by molar-refractivity contribution is 5.45. The summed E-state index contributed by atoms with van der Waals surface area (Å²) in [6.45, 7) is 4.53. The quantitative estimate of drug-likeness (QED) is 0.814. The molecule has 1 aliphatic rings. The van der Waals surface area contributed by atoms with Gasteiger partial charge < -0.3 is 10.6 Å². The van der Waals surface area contributed by atoms with Crippen LogP contribution in [0.3, 0.4) is 0 Å². The lowest BCUT2D eigenvalue weighted by Crippen LogP contribution is -2.35. The van der Waals surface area contributed by atoms with Crippen molar-refractivity contribution in [1.82, 2.24) is 5.32 Å². The number of aryl methyl sites for hydroxylation is 1. The average Bonchev–Trinajstić information content (AvgIpc) is 2.39. The minimum Gasteiger partial charge on any atom is -0.382 e. The molecule has 17 heavy (non-hydrogen) atoms. The molecule has 0 amide bonds. The second-order valence-electron chi connectivity index (χ2n) is 4.97. The molecule has 0 spiro atoms. The number of hydrogen-bond acceptors (Lipinski definition) is 2. The summed E-state index contributed by atoms with van der Waals surface area (Å²) in [5, 5.41) is 7.02. The topological polar surface area (TPSA) is 24.1 Å². The number of hydrogen-bond donors (Lipinski definition) is 2. The van der Waals surface area contributed by atoms with Crippen molar-refractivity contribution in [2.75, 3.05) is 18.4 Å². The predicted octanol–water partition coefficient (Wildman–Crippen LogP) is 3.19. The van der Waals surface area contributed by atoms with Gasteiger partial charge in [0.1, 0.15) is 0 Å². The Morgan fingerprint density at radius 3 is 2.53 bits per heavy atom. The summed E-state index contributed by atoms with van der Waals surface area (Å²) in [5.74, 6) is 0. The monoisotopic (exact) mass is 232 g/mol. The molecule has 0 atom stereocenters. The van der Waals surface area contributed by atoms with Crippen molar-refractivity contribution in [2.45, 2.75) is 45.1 Å². The van der Waals surface area contributed by atoms with E-state index in [1.807, 2.05) is 0 Å². The first-order chi connectivity index (χ1) is 8.38. The average molecular weight is 232 g/mol. The van der Waals surface area contributed by atoms with Crippen LogP contribution in [0.4, 0.5) is 5.69 Å². The van der Waals surface area contributed by atoms with Crippen LogP contribution >= 0.6 is 0 Å². The first-order valence-electron chi connectivity index (χ1n) is 6.94. The number of unbranched alkanes of at least 4 members (excludes halogenated alkanes) is 1. The maximum atomic E-state index is 3.62. The van der Waals surface area contributed by atoms with Gasteiger partial charge in [-0.1, -0.05) is 25.5 Å². The summed E-state index contributed by atoms with van der Waals surface area (Å²) in [4.78, 5) is 0. The van der Waals surface area contributed by atoms with Crippen LogP contribution in [0.5, 0.6) is 0 Å². The van der Waals surface area contributed by atoms with E-state index >= 15 is 0 Å². The van der Waals surface area contributed by atoms with Crippen LogP contribution in [-0.4, -0.2) is 19.1 Å². The number of piperidine rings is 1. The Labute approximate surface area is 105 Å². The van der Waals surface area contributed by atoms with Gasteiger partial charge in [0.15, 0.2) is 0 Å². The lowest BCUT2D eigenvalue weighted by atomic mass is 10.1. The molecule has 0 bridgehead atoms. The van der Waals surface area contributed by atoms with E-state index in [9.17, 15) is 0 Å². The summed E-state index contributed by atoms with van der Waals surface area (Å²) in [6.07, 6.45) is 6.25. The third kappa shape index (κ3) is 4.04. The highest BCUT2D eigenvalue weighted by atomic mass is 15.0. The highest BCUT2D eigenvalue weighted by Crippen LogP contribution is 2.15. The van der Waals surface area contributed by atoms with Crippen LogP contribution in [-0.2, 0) is 6.42 Å². The van der Waals surface area contributed by atoms with Gasteiger partial charge in [0.05, 0.1) is 0 Å². The van der Waals surface area contributed by atoms with Gasteiger partial charge in [-0.2, -0.15) is 0 Å². The second kappa shape index (κ2) is 6.65. The summed E-state index contributed by atoms with van der Waals surface area (Å²) >= 11 is 0. The Hall–Kier alpha value is -1.02. The molecule has 0 aliphatic carbocycles. The fourth-order valence-electron chi connectivity index (χ4n) is 2.35. The molecule has 94 valence electrons. The molecule has 0 unspecified atom stereocenters. The molecule has 1 fully saturated rings. The van der Waals surface area contributed by atoms with Crippen LogP contribution in [0.1, 0.15) is 38.2 Å². The fourth-order valence-corrected chi connectivity index (χ4v) is 2.35. The van der Waals surface area contributed by atoms with Crippen LogP contribution in [0, 0.1) is 0 Å². The number of rotatable bonds is 5. The van der Waals surface area contributed by atoms with E-state index in [1.165, 1.54) is 43.4 Å². The first kappa shape index (κ1) is 12.4. The molecule has 2 nitrogen and oxygen atoms in total. The molecule has 2 heteroatoms. The molecule has 2 N–H and O–H groups in total. The van der Waals surface area contributed by atoms with Crippen LogP contribution in [0.2, 0.25) is 0 Å². The second-order valence-corrected chi connectivity index (χ2v) is 4.97. The minimum absolute atomic E-state index is 0.651. The minimum atomic E-state index is 0.651. The molecule has 1 aromatic carbocycles. The normalized spacial score (nSPS) is 17.0. The highest BCUT2D eigenvalue weighted by Gasteiger charge is 2.11. The van der Waals surface area contributed by atoms with Gasteiger partial charge in [-0.05, 0) is 56.5 Å². The van der Waals surface area contributed by atoms with E-state index in [-0.39, 0.29) is 0 Å². The Morgan fingerprint density at radius 2 is 1.88 bits per heavy atom. The van der Waals surface area contributed by atoms with Crippen molar-refractivity contribution in [2.24, 2.45) is 0 Å². The molecule has 0 aromatic heterocycles.